The molecule has 0 amide bonds. The molecule has 4 rings (SSSR count). The van der Waals surface area contributed by atoms with Gasteiger partial charge in [0.15, 0.2) is 5.16 Å². The summed E-state index contributed by atoms with van der Waals surface area (Å²) in [4.78, 5) is 52.5. The van der Waals surface area contributed by atoms with Crippen LogP contribution in [0.25, 0.3) is 10.2 Å². The van der Waals surface area contributed by atoms with Crippen LogP contribution in [0.1, 0.15) is 54.5 Å². The van der Waals surface area contributed by atoms with Gasteiger partial charge >= 0.3 is 17.6 Å². The number of aromatic nitrogens is 5. The zero-order chi connectivity index (χ0) is 28.1. The van der Waals surface area contributed by atoms with Gasteiger partial charge in [-0.2, -0.15) is 13.2 Å². The van der Waals surface area contributed by atoms with Crippen molar-refractivity contribution >= 4 is 39.1 Å². The maximum Gasteiger partial charge on any atom is 0.417 e. The minimum absolute atomic E-state index is 0.00125. The number of alkyl halides is 3. The number of aromatic amines is 1. The van der Waals surface area contributed by atoms with Gasteiger partial charge in [-0.25, -0.2) is 14.7 Å². The molecule has 38 heavy (non-hydrogen) atoms. The summed E-state index contributed by atoms with van der Waals surface area (Å²) in [5.41, 5.74) is -3.55. The Morgan fingerprint density at radius 1 is 1.13 bits per heavy atom. The first-order chi connectivity index (χ1) is 17.7. The molecule has 14 heteroatoms. The van der Waals surface area contributed by atoms with Gasteiger partial charge in [0.25, 0.3) is 5.56 Å². The minimum atomic E-state index is -4.80. The molecule has 0 radical (unpaired) electrons. The second-order valence-corrected chi connectivity index (χ2v) is 11.3. The van der Waals surface area contributed by atoms with E-state index in [2.05, 4.69) is 10.2 Å². The predicted octanol–water partition coefficient (Wildman–Crippen LogP) is 4.28. The maximum absolute atomic E-state index is 13.8. The predicted molar refractivity (Wildman–Crippen MR) is 138 cm³/mol. The molecule has 0 bridgehead atoms. The lowest BCUT2D eigenvalue weighted by molar-refractivity contribution is -0.137. The lowest BCUT2D eigenvalue weighted by Gasteiger charge is -2.12. The van der Waals surface area contributed by atoms with E-state index in [1.807, 2.05) is 13.8 Å². The van der Waals surface area contributed by atoms with E-state index in [1.165, 1.54) is 28.3 Å². The molecule has 0 atom stereocenters. The summed E-state index contributed by atoms with van der Waals surface area (Å²) >= 11 is 1.60. The summed E-state index contributed by atoms with van der Waals surface area (Å²) in [5, 5.41) is 6.46. The number of hydrogen-bond acceptors (Lipinski definition) is 7. The van der Waals surface area contributed by atoms with Crippen molar-refractivity contribution in [1.82, 2.24) is 23.9 Å². The highest BCUT2D eigenvalue weighted by Crippen LogP contribution is 2.42. The van der Waals surface area contributed by atoms with Crippen LogP contribution in [0.5, 0.6) is 0 Å². The van der Waals surface area contributed by atoms with Crippen LogP contribution in [-0.2, 0) is 19.8 Å². The van der Waals surface area contributed by atoms with Crippen LogP contribution in [0.4, 0.5) is 13.2 Å². The van der Waals surface area contributed by atoms with Gasteiger partial charge in [0.2, 0.25) is 5.78 Å². The first-order valence-corrected chi connectivity index (χ1v) is 13.2. The van der Waals surface area contributed by atoms with Crippen molar-refractivity contribution in [2.75, 3.05) is 0 Å². The smallest absolute Gasteiger partial charge is 0.288 e. The van der Waals surface area contributed by atoms with Gasteiger partial charge in [-0.3, -0.25) is 23.3 Å². The van der Waals surface area contributed by atoms with Crippen LogP contribution in [0.2, 0.25) is 0 Å². The summed E-state index contributed by atoms with van der Waals surface area (Å²) in [5.74, 6) is -0.977. The van der Waals surface area contributed by atoms with Gasteiger partial charge in [-0.05, 0) is 37.6 Å². The summed E-state index contributed by atoms with van der Waals surface area (Å²) in [7, 11) is 1.30. The van der Waals surface area contributed by atoms with E-state index < -0.39 is 40.0 Å². The van der Waals surface area contributed by atoms with E-state index in [1.54, 1.807) is 13.8 Å². The Morgan fingerprint density at radius 3 is 2.39 bits per heavy atom. The Balaban J connectivity index is 2.10. The van der Waals surface area contributed by atoms with E-state index in [9.17, 15) is 32.3 Å². The second kappa shape index (κ2) is 10.1. The number of fused-ring (bicyclic) bond motifs is 1. The molecule has 0 aliphatic carbocycles. The van der Waals surface area contributed by atoms with Gasteiger partial charge in [0.05, 0.1) is 20.7 Å². The molecule has 1 aromatic carbocycles. The standard InChI is InChI=1S/C24H24F3N5O4S2/c1-11(2)10-31-20-15(19(34)30(5)23(31)36)17(38-22-29-28-21(35)32(22)12(3)4)18(37-20)16(33)13-8-6-7-9-14(13)24(25,26)27/h6-9,11-12H,10H2,1-5H3,(H,28,35). The van der Waals surface area contributed by atoms with Crippen molar-refractivity contribution < 1.29 is 18.0 Å². The molecule has 202 valence electrons. The average molecular weight is 568 g/mol. The fraction of sp³-hybridized carbons (Fsp3) is 0.375. The number of ketones is 1. The summed E-state index contributed by atoms with van der Waals surface area (Å²) in [6.07, 6.45) is -4.80. The van der Waals surface area contributed by atoms with E-state index in [4.69, 9.17) is 0 Å². The highest BCUT2D eigenvalue weighted by molar-refractivity contribution is 7.99. The number of rotatable bonds is 7. The molecule has 0 saturated heterocycles. The largest absolute Gasteiger partial charge is 0.417 e. The summed E-state index contributed by atoms with van der Waals surface area (Å²) < 4.78 is 44.9. The van der Waals surface area contributed by atoms with Crippen molar-refractivity contribution in [3.63, 3.8) is 0 Å². The molecule has 1 N–H and O–H groups in total. The quantitative estimate of drug-likeness (QED) is 0.334. The van der Waals surface area contributed by atoms with Crippen molar-refractivity contribution in [2.45, 2.75) is 56.5 Å². The second-order valence-electron chi connectivity index (χ2n) is 9.34. The summed E-state index contributed by atoms with van der Waals surface area (Å²) in [6, 6.07) is 4.04. The molecule has 0 spiro atoms. The highest BCUT2D eigenvalue weighted by Gasteiger charge is 2.37. The first-order valence-electron chi connectivity index (χ1n) is 11.6. The Kier molecular flexibility index (Phi) is 7.32. The molecule has 3 heterocycles. The number of hydrogen-bond donors (Lipinski definition) is 1. The van der Waals surface area contributed by atoms with E-state index in [-0.39, 0.29) is 43.7 Å². The number of carbonyl (C=O) groups excluding carboxylic acids is 1. The third-order valence-corrected chi connectivity index (χ3v) is 8.16. The topological polar surface area (TPSA) is 112 Å². The molecular weight excluding hydrogens is 543 g/mol. The molecule has 0 saturated carbocycles. The lowest BCUT2D eigenvalue weighted by Crippen LogP contribution is -2.38. The molecule has 3 aromatic heterocycles. The van der Waals surface area contributed by atoms with Crippen molar-refractivity contribution in [3.8, 4) is 0 Å². The molecule has 9 nitrogen and oxygen atoms in total. The molecule has 0 aliphatic heterocycles. The first kappa shape index (κ1) is 27.6. The van der Waals surface area contributed by atoms with Crippen LogP contribution in [0.15, 0.2) is 48.7 Å². The Hall–Kier alpha value is -3.39. The normalized spacial score (nSPS) is 12.3. The molecular formula is C24H24F3N5O4S2. The number of H-pyrrole nitrogens is 1. The molecule has 4 aromatic rings. The molecule has 0 unspecified atom stereocenters. The molecule has 0 aliphatic rings. The SMILES string of the molecule is CC(C)Cn1c(=O)n(C)c(=O)c2c(Sc3n[nH]c(=O)n3C(C)C)c(C(=O)c3ccccc3C(F)(F)F)sc21. The van der Waals surface area contributed by atoms with E-state index >= 15 is 0 Å². The highest BCUT2D eigenvalue weighted by atomic mass is 32.2. The number of nitrogens with one attached hydrogen (secondary N) is 1. The lowest BCUT2D eigenvalue weighted by atomic mass is 10.0. The monoisotopic (exact) mass is 567 g/mol. The molecule has 0 fully saturated rings. The van der Waals surface area contributed by atoms with Crippen molar-refractivity contribution in [3.05, 3.63) is 71.6 Å². The Labute approximate surface area is 221 Å². The van der Waals surface area contributed by atoms with Crippen molar-refractivity contribution in [1.29, 1.82) is 0 Å². The zero-order valence-electron chi connectivity index (χ0n) is 21.0. The number of thiophene rings is 1. The fourth-order valence-electron chi connectivity index (χ4n) is 4.04. The number of halogens is 3. The van der Waals surface area contributed by atoms with Gasteiger partial charge < -0.3 is 0 Å². The number of nitrogens with zero attached hydrogens (tertiary/aromatic N) is 4. The third-order valence-electron chi connectivity index (χ3n) is 5.74. The average Bonchev–Trinajstić information content (AvgIpc) is 3.40. The van der Waals surface area contributed by atoms with Crippen LogP contribution >= 0.6 is 23.1 Å². The van der Waals surface area contributed by atoms with Crippen LogP contribution < -0.4 is 16.9 Å². The van der Waals surface area contributed by atoms with Gasteiger partial charge in [-0.1, -0.05) is 32.0 Å². The van der Waals surface area contributed by atoms with E-state index in [0.717, 1.165) is 39.8 Å². The van der Waals surface area contributed by atoms with Gasteiger partial charge in [-0.15, -0.1) is 16.4 Å². The number of benzene rings is 1. The third kappa shape index (κ3) is 4.77. The summed E-state index contributed by atoms with van der Waals surface area (Å²) in [6.45, 7) is 7.40. The van der Waals surface area contributed by atoms with Gasteiger partial charge in [0.1, 0.15) is 4.83 Å². The minimum Gasteiger partial charge on any atom is -0.288 e. The van der Waals surface area contributed by atoms with Crippen LogP contribution in [-0.4, -0.2) is 29.7 Å². The fourth-order valence-corrected chi connectivity index (χ4v) is 6.64. The Bertz CT molecular complexity index is 1720. The van der Waals surface area contributed by atoms with Crippen molar-refractivity contribution in [2.24, 2.45) is 13.0 Å². The van der Waals surface area contributed by atoms with E-state index in [0.29, 0.717) is 0 Å². The number of carbonyl (C=O) groups is 1. The van der Waals surface area contributed by atoms with Crippen LogP contribution in [0.3, 0.4) is 0 Å². The van der Waals surface area contributed by atoms with Gasteiger partial charge in [0, 0.05) is 25.2 Å². The maximum atomic E-state index is 13.8. The van der Waals surface area contributed by atoms with Crippen LogP contribution in [0, 0.1) is 5.92 Å². The zero-order valence-corrected chi connectivity index (χ0v) is 22.7. The Morgan fingerprint density at radius 2 is 1.79 bits per heavy atom.